The van der Waals surface area contributed by atoms with Crippen LogP contribution in [0.2, 0.25) is 0 Å². The van der Waals surface area contributed by atoms with Crippen molar-refractivity contribution in [1.82, 2.24) is 9.25 Å². The Morgan fingerprint density at radius 3 is 2.54 bits per heavy atom. The average molecular weight is 420 g/mol. The zero-order chi connectivity index (χ0) is 20.4. The fourth-order valence-electron chi connectivity index (χ4n) is 3.34. The van der Waals surface area contributed by atoms with E-state index in [1.807, 2.05) is 0 Å². The minimum atomic E-state index is -4.79. The SMILES string of the molecule is O=C(NS(=O)(=O)N(F)C(OCC1CCCC(F)(F)C1)C1CC1)c1ccccc1. The minimum Gasteiger partial charge on any atom is -0.359 e. The number of nitrogens with zero attached hydrogens (tertiary/aromatic N) is 1. The lowest BCUT2D eigenvalue weighted by Crippen LogP contribution is -2.46. The van der Waals surface area contributed by atoms with Crippen LogP contribution in [0, 0.1) is 11.8 Å². The highest BCUT2D eigenvalue weighted by Gasteiger charge is 2.44. The third-order valence-corrected chi connectivity index (χ3v) is 6.07. The number of rotatable bonds is 8. The maximum Gasteiger partial charge on any atom is 0.333 e. The highest BCUT2D eigenvalue weighted by molar-refractivity contribution is 7.87. The molecular weight excluding hydrogens is 397 g/mol. The first-order valence-corrected chi connectivity index (χ1v) is 10.7. The van der Waals surface area contributed by atoms with E-state index >= 15 is 0 Å². The molecule has 10 heteroatoms. The van der Waals surface area contributed by atoms with E-state index in [1.54, 1.807) is 22.9 Å². The van der Waals surface area contributed by atoms with Gasteiger partial charge in [-0.25, -0.2) is 13.5 Å². The lowest BCUT2D eigenvalue weighted by Gasteiger charge is -2.31. The van der Waals surface area contributed by atoms with Crippen LogP contribution >= 0.6 is 0 Å². The maximum absolute atomic E-state index is 14.7. The monoisotopic (exact) mass is 420 g/mol. The summed E-state index contributed by atoms with van der Waals surface area (Å²) in [6.07, 6.45) is 0.0362. The van der Waals surface area contributed by atoms with Crippen LogP contribution < -0.4 is 4.72 Å². The van der Waals surface area contributed by atoms with Crippen molar-refractivity contribution in [2.24, 2.45) is 11.8 Å². The molecule has 0 saturated heterocycles. The molecule has 0 aromatic heterocycles. The molecule has 0 heterocycles. The second-order valence-corrected chi connectivity index (χ2v) is 8.93. The van der Waals surface area contributed by atoms with E-state index in [0.717, 1.165) is 0 Å². The van der Waals surface area contributed by atoms with Crippen LogP contribution in [0.3, 0.4) is 0 Å². The molecule has 28 heavy (non-hydrogen) atoms. The number of amides is 1. The van der Waals surface area contributed by atoms with Crippen molar-refractivity contribution in [2.45, 2.75) is 50.7 Å². The van der Waals surface area contributed by atoms with E-state index in [4.69, 9.17) is 4.74 Å². The van der Waals surface area contributed by atoms with E-state index < -0.39 is 38.7 Å². The zero-order valence-corrected chi connectivity index (χ0v) is 16.0. The number of hydrogen-bond acceptors (Lipinski definition) is 4. The third-order valence-electron chi connectivity index (χ3n) is 4.96. The van der Waals surface area contributed by atoms with Crippen LogP contribution in [-0.4, -0.2) is 37.6 Å². The molecule has 2 atom stereocenters. The van der Waals surface area contributed by atoms with Gasteiger partial charge in [0.05, 0.1) is 6.61 Å². The van der Waals surface area contributed by atoms with E-state index in [0.29, 0.717) is 25.7 Å². The first-order valence-electron chi connectivity index (χ1n) is 9.25. The molecular formula is C18H23F3N2O4S. The number of carbonyl (C=O) groups excluding carboxylic acids is 1. The molecule has 2 unspecified atom stereocenters. The quantitative estimate of drug-likeness (QED) is 0.517. The Morgan fingerprint density at radius 2 is 1.93 bits per heavy atom. The molecule has 2 aliphatic carbocycles. The standard InChI is InChI=1S/C18H23F3N2O4S/c19-18(20)10-4-5-13(11-18)12-27-17(15-8-9-15)23(21)28(25,26)22-16(24)14-6-2-1-3-7-14/h1-3,6-7,13,15,17H,4-5,8-12H2,(H,22,24). The molecule has 1 aromatic carbocycles. The molecule has 0 aliphatic heterocycles. The number of halogens is 3. The van der Waals surface area contributed by atoms with Gasteiger partial charge in [0.15, 0.2) is 6.23 Å². The molecule has 3 rings (SSSR count). The first-order chi connectivity index (χ1) is 13.2. The smallest absolute Gasteiger partial charge is 0.333 e. The minimum absolute atomic E-state index is 0.0628. The Balaban J connectivity index is 1.62. The van der Waals surface area contributed by atoms with Gasteiger partial charge < -0.3 is 4.74 Å². The van der Waals surface area contributed by atoms with Gasteiger partial charge in [0.2, 0.25) is 5.92 Å². The number of carbonyl (C=O) groups is 1. The Kier molecular flexibility index (Phi) is 6.31. The molecule has 0 spiro atoms. The van der Waals surface area contributed by atoms with E-state index in [-0.39, 0.29) is 30.9 Å². The van der Waals surface area contributed by atoms with Gasteiger partial charge in [-0.2, -0.15) is 8.42 Å². The van der Waals surface area contributed by atoms with Crippen molar-refractivity contribution in [1.29, 1.82) is 0 Å². The average Bonchev–Trinajstić information content (AvgIpc) is 3.46. The van der Waals surface area contributed by atoms with Gasteiger partial charge in [0.1, 0.15) is 0 Å². The molecule has 1 amide bonds. The van der Waals surface area contributed by atoms with Crippen LogP contribution in [-0.2, 0) is 14.9 Å². The lowest BCUT2D eigenvalue weighted by atomic mass is 9.87. The lowest BCUT2D eigenvalue weighted by molar-refractivity contribution is -0.131. The van der Waals surface area contributed by atoms with Crippen LogP contribution in [0.1, 0.15) is 48.9 Å². The van der Waals surface area contributed by atoms with Crippen molar-refractivity contribution in [3.63, 3.8) is 0 Å². The van der Waals surface area contributed by atoms with E-state index in [1.165, 1.54) is 12.1 Å². The van der Waals surface area contributed by atoms with Gasteiger partial charge in [0, 0.05) is 28.9 Å². The molecule has 1 N–H and O–H groups in total. The van der Waals surface area contributed by atoms with Crippen LogP contribution in [0.5, 0.6) is 0 Å². The Bertz CT molecular complexity index is 787. The van der Waals surface area contributed by atoms with Crippen LogP contribution in [0.25, 0.3) is 0 Å². The summed E-state index contributed by atoms with van der Waals surface area (Å²) >= 11 is 0. The predicted octanol–water partition coefficient (Wildman–Crippen LogP) is 3.43. The molecule has 2 aliphatic rings. The Morgan fingerprint density at radius 1 is 1.25 bits per heavy atom. The highest BCUT2D eigenvalue weighted by atomic mass is 32.2. The van der Waals surface area contributed by atoms with Crippen molar-refractivity contribution >= 4 is 16.1 Å². The van der Waals surface area contributed by atoms with Crippen LogP contribution in [0.15, 0.2) is 30.3 Å². The molecule has 0 bridgehead atoms. The number of alkyl halides is 2. The predicted molar refractivity (Wildman–Crippen MR) is 95.1 cm³/mol. The largest absolute Gasteiger partial charge is 0.359 e. The highest BCUT2D eigenvalue weighted by Crippen LogP contribution is 2.40. The van der Waals surface area contributed by atoms with Crippen LogP contribution in [0.4, 0.5) is 13.3 Å². The van der Waals surface area contributed by atoms with Gasteiger partial charge in [0.25, 0.3) is 5.91 Å². The summed E-state index contributed by atoms with van der Waals surface area (Å²) in [5, 5.41) is 0. The fourth-order valence-corrected chi connectivity index (χ4v) is 4.29. The molecule has 2 fully saturated rings. The topological polar surface area (TPSA) is 75.7 Å². The maximum atomic E-state index is 14.7. The van der Waals surface area contributed by atoms with Gasteiger partial charge in [-0.15, -0.1) is 4.48 Å². The van der Waals surface area contributed by atoms with E-state index in [2.05, 4.69) is 0 Å². The second kappa shape index (κ2) is 8.38. The van der Waals surface area contributed by atoms with Crippen molar-refractivity contribution in [3.8, 4) is 0 Å². The molecule has 2 saturated carbocycles. The van der Waals surface area contributed by atoms with E-state index in [9.17, 15) is 26.5 Å². The first kappa shape index (κ1) is 21.1. The summed E-state index contributed by atoms with van der Waals surface area (Å²) in [6.45, 7) is -0.153. The normalized spacial score (nSPS) is 23.4. The summed E-state index contributed by atoms with van der Waals surface area (Å²) in [6, 6.07) is 7.53. The number of benzene rings is 1. The van der Waals surface area contributed by atoms with Gasteiger partial charge in [-0.3, -0.25) is 4.79 Å². The fraction of sp³-hybridized carbons (Fsp3) is 0.611. The van der Waals surface area contributed by atoms with Gasteiger partial charge in [-0.1, -0.05) is 18.2 Å². The summed E-state index contributed by atoms with van der Waals surface area (Å²) in [5.41, 5.74) is 0.0628. The molecule has 156 valence electrons. The Labute approximate surface area is 162 Å². The third kappa shape index (κ3) is 5.45. The van der Waals surface area contributed by atoms with Gasteiger partial charge >= 0.3 is 10.2 Å². The summed E-state index contributed by atoms with van der Waals surface area (Å²) in [7, 11) is -4.79. The zero-order valence-electron chi connectivity index (χ0n) is 15.2. The van der Waals surface area contributed by atoms with Crippen molar-refractivity contribution < 1.29 is 31.2 Å². The molecule has 6 nitrogen and oxygen atoms in total. The number of hydrogen-bond donors (Lipinski definition) is 1. The summed E-state index contributed by atoms with van der Waals surface area (Å²) in [4.78, 5) is 12.0. The van der Waals surface area contributed by atoms with Gasteiger partial charge in [-0.05, 0) is 43.7 Å². The summed E-state index contributed by atoms with van der Waals surface area (Å²) < 4.78 is 72.8. The second-order valence-electron chi connectivity index (χ2n) is 7.42. The molecule has 0 radical (unpaired) electrons. The Hall–Kier alpha value is -1.65. The summed E-state index contributed by atoms with van der Waals surface area (Å²) in [5.74, 6) is -4.56. The van der Waals surface area contributed by atoms with Crippen molar-refractivity contribution in [2.75, 3.05) is 6.61 Å². The molecule has 1 aromatic rings. The number of nitrogens with one attached hydrogen (secondary N) is 1. The number of ether oxygens (including phenoxy) is 1. The van der Waals surface area contributed by atoms with Crippen molar-refractivity contribution in [3.05, 3.63) is 35.9 Å².